The highest BCUT2D eigenvalue weighted by atomic mass is 32.2. The lowest BCUT2D eigenvalue weighted by atomic mass is 10.1. The van der Waals surface area contributed by atoms with Crippen molar-refractivity contribution < 1.29 is 9.18 Å². The number of benzene rings is 1. The van der Waals surface area contributed by atoms with E-state index < -0.39 is 5.82 Å². The maximum absolute atomic E-state index is 13.3. The van der Waals surface area contributed by atoms with Crippen LogP contribution >= 0.6 is 11.8 Å². The van der Waals surface area contributed by atoms with Gasteiger partial charge in [0.15, 0.2) is 0 Å². The number of hydrogen-bond acceptors (Lipinski definition) is 3. The van der Waals surface area contributed by atoms with Gasteiger partial charge in [0.05, 0.1) is 12.1 Å². The van der Waals surface area contributed by atoms with E-state index in [1.807, 2.05) is 13.2 Å². The minimum Gasteiger partial charge on any atom is -0.349 e. The molecule has 0 fully saturated rings. The van der Waals surface area contributed by atoms with Crippen molar-refractivity contribution in [3.05, 3.63) is 35.1 Å². The molecule has 0 radical (unpaired) electrons. The summed E-state index contributed by atoms with van der Waals surface area (Å²) in [5, 5.41) is 2.82. The lowest BCUT2D eigenvalue weighted by molar-refractivity contribution is 0.0943. The van der Waals surface area contributed by atoms with Crippen molar-refractivity contribution in [1.29, 1.82) is 0 Å². The van der Waals surface area contributed by atoms with Gasteiger partial charge in [-0.1, -0.05) is 11.8 Å². The van der Waals surface area contributed by atoms with Crippen LogP contribution in [0.25, 0.3) is 0 Å². The minimum atomic E-state index is -0.457. The fraction of sp³-hybridized carbons (Fsp3) is 0.357. The highest BCUT2D eigenvalue weighted by Crippen LogP contribution is 2.11. The Balaban J connectivity index is 2.97. The quantitative estimate of drug-likeness (QED) is 0.824. The number of thioether (sulfide) groups is 1. The van der Waals surface area contributed by atoms with Gasteiger partial charge in [0.1, 0.15) is 5.82 Å². The molecule has 0 bridgehead atoms. The number of carbonyl (C=O) groups excluding carboxylic acids is 1. The number of hydrogen-bond donors (Lipinski definition) is 2. The molecule has 3 nitrogen and oxygen atoms in total. The van der Waals surface area contributed by atoms with Crippen LogP contribution in [0.4, 0.5) is 4.39 Å². The lowest BCUT2D eigenvalue weighted by Gasteiger charge is -2.13. The molecular formula is C14H17FN2OS. The van der Waals surface area contributed by atoms with Gasteiger partial charge in [-0.3, -0.25) is 4.79 Å². The number of halogens is 1. The van der Waals surface area contributed by atoms with E-state index >= 15 is 0 Å². The molecule has 1 aromatic carbocycles. The number of rotatable bonds is 4. The molecule has 19 heavy (non-hydrogen) atoms. The average Bonchev–Trinajstić information content (AvgIpc) is 2.37. The van der Waals surface area contributed by atoms with Gasteiger partial charge in [-0.15, -0.1) is 0 Å². The summed E-state index contributed by atoms with van der Waals surface area (Å²) in [5.41, 5.74) is 6.03. The predicted molar refractivity (Wildman–Crippen MR) is 77.6 cm³/mol. The van der Waals surface area contributed by atoms with Crippen molar-refractivity contribution in [2.75, 3.05) is 18.6 Å². The first kappa shape index (κ1) is 15.5. The second-order valence-corrected chi connectivity index (χ2v) is 4.94. The van der Waals surface area contributed by atoms with E-state index in [1.54, 1.807) is 11.8 Å². The number of nitrogens with two attached hydrogens (primary N) is 1. The Morgan fingerprint density at radius 3 is 2.95 bits per heavy atom. The topological polar surface area (TPSA) is 55.1 Å². The van der Waals surface area contributed by atoms with E-state index in [2.05, 4.69) is 17.2 Å². The third kappa shape index (κ3) is 4.93. The Bertz CT molecular complexity index is 508. The van der Waals surface area contributed by atoms with Crippen LogP contribution in [0, 0.1) is 17.7 Å². The second-order valence-electron chi connectivity index (χ2n) is 4.03. The Labute approximate surface area is 117 Å². The van der Waals surface area contributed by atoms with Crippen molar-refractivity contribution in [1.82, 2.24) is 5.32 Å². The van der Waals surface area contributed by atoms with Crippen molar-refractivity contribution in [2.45, 2.75) is 13.0 Å². The molecule has 1 amide bonds. The maximum atomic E-state index is 13.3. The first-order valence-corrected chi connectivity index (χ1v) is 7.26. The maximum Gasteiger partial charge on any atom is 0.252 e. The van der Waals surface area contributed by atoms with Crippen LogP contribution in [0.5, 0.6) is 0 Å². The van der Waals surface area contributed by atoms with E-state index in [1.165, 1.54) is 18.2 Å². The lowest BCUT2D eigenvalue weighted by Crippen LogP contribution is -2.34. The van der Waals surface area contributed by atoms with Crippen LogP contribution in [0.15, 0.2) is 18.2 Å². The van der Waals surface area contributed by atoms with Gasteiger partial charge in [-0.25, -0.2) is 4.39 Å². The molecule has 1 rings (SSSR count). The molecular weight excluding hydrogens is 263 g/mol. The molecule has 0 aliphatic rings. The van der Waals surface area contributed by atoms with Gasteiger partial charge >= 0.3 is 0 Å². The van der Waals surface area contributed by atoms with E-state index in [4.69, 9.17) is 5.73 Å². The van der Waals surface area contributed by atoms with Crippen molar-refractivity contribution >= 4 is 17.7 Å². The highest BCUT2D eigenvalue weighted by molar-refractivity contribution is 7.98. The average molecular weight is 280 g/mol. The van der Waals surface area contributed by atoms with Gasteiger partial charge in [0.2, 0.25) is 0 Å². The van der Waals surface area contributed by atoms with E-state index in [0.717, 1.165) is 5.75 Å². The molecule has 0 saturated carbocycles. The summed E-state index contributed by atoms with van der Waals surface area (Å²) >= 11 is 1.63. The molecule has 0 aromatic heterocycles. The third-order valence-corrected chi connectivity index (χ3v) is 3.18. The molecule has 0 aliphatic heterocycles. The molecule has 0 aliphatic carbocycles. The van der Waals surface area contributed by atoms with Gasteiger partial charge in [0.25, 0.3) is 5.91 Å². The van der Waals surface area contributed by atoms with Gasteiger partial charge in [-0.2, -0.15) is 11.8 Å². The summed E-state index contributed by atoms with van der Waals surface area (Å²) in [6, 6.07) is 3.98. The smallest absolute Gasteiger partial charge is 0.252 e. The van der Waals surface area contributed by atoms with Crippen LogP contribution in [0.2, 0.25) is 0 Å². The summed E-state index contributed by atoms with van der Waals surface area (Å²) in [4.78, 5) is 12.1. The standard InChI is InChI=1S/C14H17FN2OS/c1-10(9-19-2)17-14(18)13-8-12(15)6-5-11(13)4-3-7-16/h5-6,8,10H,7,9,16H2,1-2H3,(H,17,18). The zero-order chi connectivity index (χ0) is 14.3. The van der Waals surface area contributed by atoms with Gasteiger partial charge in [-0.05, 0) is 31.4 Å². The first-order chi connectivity index (χ1) is 9.08. The second kappa shape index (κ2) is 7.82. The molecule has 3 N–H and O–H groups in total. The Hall–Kier alpha value is -1.51. The van der Waals surface area contributed by atoms with Crippen LogP contribution in [0.3, 0.4) is 0 Å². The van der Waals surface area contributed by atoms with Crippen molar-refractivity contribution in [3.63, 3.8) is 0 Å². The van der Waals surface area contributed by atoms with Crippen LogP contribution in [-0.4, -0.2) is 30.5 Å². The number of amides is 1. The SMILES string of the molecule is CSCC(C)NC(=O)c1cc(F)ccc1C#CCN. The van der Waals surface area contributed by atoms with E-state index in [0.29, 0.717) is 5.56 Å². The monoisotopic (exact) mass is 280 g/mol. The Morgan fingerprint density at radius 2 is 2.32 bits per heavy atom. The predicted octanol–water partition coefficient (Wildman–Crippen LogP) is 1.62. The summed E-state index contributed by atoms with van der Waals surface area (Å²) in [7, 11) is 0. The highest BCUT2D eigenvalue weighted by Gasteiger charge is 2.13. The minimum absolute atomic E-state index is 0.0149. The van der Waals surface area contributed by atoms with Crippen molar-refractivity contribution in [2.24, 2.45) is 5.73 Å². The molecule has 5 heteroatoms. The molecule has 1 atom stereocenters. The molecule has 0 saturated heterocycles. The summed E-state index contributed by atoms with van der Waals surface area (Å²) in [6.07, 6.45) is 1.96. The first-order valence-electron chi connectivity index (χ1n) is 5.86. The summed E-state index contributed by atoms with van der Waals surface area (Å²) in [6.45, 7) is 2.10. The van der Waals surface area contributed by atoms with Gasteiger partial charge in [0, 0.05) is 17.4 Å². The van der Waals surface area contributed by atoms with Crippen LogP contribution in [-0.2, 0) is 0 Å². The third-order valence-electron chi connectivity index (χ3n) is 2.35. The van der Waals surface area contributed by atoms with Crippen LogP contribution < -0.4 is 11.1 Å². The molecule has 0 heterocycles. The molecule has 1 aromatic rings. The van der Waals surface area contributed by atoms with Gasteiger partial charge < -0.3 is 11.1 Å². The zero-order valence-corrected chi connectivity index (χ0v) is 11.8. The number of nitrogens with one attached hydrogen (secondary N) is 1. The Kier molecular flexibility index (Phi) is 6.40. The van der Waals surface area contributed by atoms with E-state index in [9.17, 15) is 9.18 Å². The van der Waals surface area contributed by atoms with E-state index in [-0.39, 0.29) is 24.1 Å². The zero-order valence-electron chi connectivity index (χ0n) is 11.0. The van der Waals surface area contributed by atoms with Crippen molar-refractivity contribution in [3.8, 4) is 11.8 Å². The Morgan fingerprint density at radius 1 is 1.58 bits per heavy atom. The normalized spacial score (nSPS) is 11.4. The summed E-state index contributed by atoms with van der Waals surface area (Å²) in [5.74, 6) is 5.47. The molecule has 1 unspecified atom stereocenters. The fourth-order valence-corrected chi connectivity index (χ4v) is 2.14. The largest absolute Gasteiger partial charge is 0.349 e. The number of carbonyl (C=O) groups is 1. The molecule has 0 spiro atoms. The molecule has 102 valence electrons. The summed E-state index contributed by atoms with van der Waals surface area (Å²) < 4.78 is 13.3. The fourth-order valence-electron chi connectivity index (χ4n) is 1.55. The van der Waals surface area contributed by atoms with Crippen LogP contribution in [0.1, 0.15) is 22.8 Å².